The second-order valence-electron chi connectivity index (χ2n) is 6.15. The molecule has 2 aliphatic rings. The van der Waals surface area contributed by atoms with E-state index in [9.17, 15) is 9.59 Å². The van der Waals surface area contributed by atoms with Crippen LogP contribution in [0.2, 0.25) is 0 Å². The fourth-order valence-corrected chi connectivity index (χ4v) is 4.30. The summed E-state index contributed by atoms with van der Waals surface area (Å²) in [6.45, 7) is 1.59. The molecule has 0 radical (unpaired) electrons. The van der Waals surface area contributed by atoms with Gasteiger partial charge in [0.05, 0.1) is 0 Å². The molecule has 8 heteroatoms. The number of amides is 1. The van der Waals surface area contributed by atoms with Gasteiger partial charge >= 0.3 is 0 Å². The molecular weight excluding hydrogens is 360 g/mol. The topological polar surface area (TPSA) is 81.2 Å². The van der Waals surface area contributed by atoms with Crippen molar-refractivity contribution in [2.45, 2.75) is 23.7 Å². The molecule has 4 rings (SSSR count). The summed E-state index contributed by atoms with van der Waals surface area (Å²) >= 11 is 1.54. The van der Waals surface area contributed by atoms with Gasteiger partial charge in [0, 0.05) is 43.5 Å². The molecule has 6 nitrogen and oxygen atoms in total. The van der Waals surface area contributed by atoms with Crippen molar-refractivity contribution in [2.24, 2.45) is 5.73 Å². The number of hydrogen-bond acceptors (Lipinski definition) is 5. The van der Waals surface area contributed by atoms with E-state index >= 15 is 0 Å². The lowest BCUT2D eigenvalue weighted by atomic mass is 9.95. The van der Waals surface area contributed by atoms with Crippen LogP contribution in [0.25, 0.3) is 0 Å². The Morgan fingerprint density at radius 2 is 2.00 bits per heavy atom. The molecule has 0 unspecified atom stereocenters. The quantitative estimate of drug-likeness (QED) is 0.797. The second-order valence-corrected chi connectivity index (χ2v) is 7.21. The van der Waals surface area contributed by atoms with Gasteiger partial charge in [-0.3, -0.25) is 14.2 Å². The molecule has 0 spiro atoms. The molecular formula is C17H19ClN4O2S. The molecule has 132 valence electrons. The molecule has 1 fully saturated rings. The molecule has 25 heavy (non-hydrogen) atoms. The standard InChI is InChI=1S/C17H18N4O2S.ClH/c18-14-10-20(9-13(14)11-4-2-1-3-5-11)15(22)12-8-19-17-21(16(12)23)6-7-24-17;/h1-5,8,13-14H,6-7,9-10,18H2;1H/t13-,14+;/m0./s1. The maximum atomic E-state index is 12.8. The Balaban J connectivity index is 0.00000182. The average Bonchev–Trinajstić information content (AvgIpc) is 3.22. The summed E-state index contributed by atoms with van der Waals surface area (Å²) in [5.74, 6) is 0.648. The maximum absolute atomic E-state index is 12.8. The molecule has 0 bridgehead atoms. The first-order valence-corrected chi connectivity index (χ1v) is 8.96. The fourth-order valence-electron chi connectivity index (χ4n) is 3.38. The highest BCUT2D eigenvalue weighted by Crippen LogP contribution is 2.27. The predicted octanol–water partition coefficient (Wildman–Crippen LogP) is 1.34. The zero-order valence-corrected chi connectivity index (χ0v) is 15.1. The van der Waals surface area contributed by atoms with Gasteiger partial charge in [-0.05, 0) is 5.56 Å². The molecule has 1 saturated heterocycles. The van der Waals surface area contributed by atoms with E-state index in [4.69, 9.17) is 5.73 Å². The number of carbonyl (C=O) groups is 1. The molecule has 2 N–H and O–H groups in total. The largest absolute Gasteiger partial charge is 0.336 e. The van der Waals surface area contributed by atoms with E-state index in [-0.39, 0.29) is 41.4 Å². The maximum Gasteiger partial charge on any atom is 0.267 e. The Labute approximate surface area is 155 Å². The van der Waals surface area contributed by atoms with Gasteiger partial charge in [-0.1, -0.05) is 42.1 Å². The van der Waals surface area contributed by atoms with Crippen LogP contribution in [0.1, 0.15) is 21.8 Å². The molecule has 2 aromatic rings. The number of benzene rings is 1. The summed E-state index contributed by atoms with van der Waals surface area (Å²) in [6.07, 6.45) is 1.41. The molecule has 1 amide bonds. The van der Waals surface area contributed by atoms with E-state index in [2.05, 4.69) is 4.98 Å². The number of aromatic nitrogens is 2. The van der Waals surface area contributed by atoms with Crippen LogP contribution >= 0.6 is 24.2 Å². The Kier molecular flexibility index (Phi) is 5.17. The smallest absolute Gasteiger partial charge is 0.267 e. The number of carbonyl (C=O) groups excluding carboxylic acids is 1. The molecule has 1 aromatic carbocycles. The summed E-state index contributed by atoms with van der Waals surface area (Å²) < 4.78 is 1.59. The van der Waals surface area contributed by atoms with Crippen LogP contribution in [0.4, 0.5) is 0 Å². The number of thioether (sulfide) groups is 1. The van der Waals surface area contributed by atoms with Crippen LogP contribution < -0.4 is 11.3 Å². The normalized spacial score (nSPS) is 21.7. The molecule has 3 heterocycles. The van der Waals surface area contributed by atoms with Crippen LogP contribution in [-0.4, -0.2) is 45.2 Å². The van der Waals surface area contributed by atoms with Crippen LogP contribution in [0.3, 0.4) is 0 Å². The third-order valence-electron chi connectivity index (χ3n) is 4.67. The van der Waals surface area contributed by atoms with E-state index in [1.54, 1.807) is 9.47 Å². The highest BCUT2D eigenvalue weighted by molar-refractivity contribution is 7.99. The van der Waals surface area contributed by atoms with E-state index < -0.39 is 0 Å². The third-order valence-corrected chi connectivity index (χ3v) is 5.64. The summed E-state index contributed by atoms with van der Waals surface area (Å²) in [7, 11) is 0. The molecule has 1 aromatic heterocycles. The van der Waals surface area contributed by atoms with Gasteiger partial charge in [0.25, 0.3) is 11.5 Å². The Bertz CT molecular complexity index is 842. The van der Waals surface area contributed by atoms with E-state index in [0.29, 0.717) is 24.8 Å². The predicted molar refractivity (Wildman–Crippen MR) is 99.5 cm³/mol. The molecule has 2 atom stereocenters. The van der Waals surface area contributed by atoms with Gasteiger partial charge in [-0.15, -0.1) is 12.4 Å². The van der Waals surface area contributed by atoms with Gasteiger partial charge in [0.2, 0.25) is 0 Å². The van der Waals surface area contributed by atoms with Gasteiger partial charge in [0.1, 0.15) is 5.56 Å². The first kappa shape index (κ1) is 18.0. The lowest BCUT2D eigenvalue weighted by Crippen LogP contribution is -2.37. The molecule has 0 aliphatic carbocycles. The SMILES string of the molecule is Cl.N[C@@H]1CN(C(=O)c2cnc3n(c2=O)CCS3)C[C@H]1c1ccccc1. The average molecular weight is 379 g/mol. The van der Waals surface area contributed by atoms with Crippen molar-refractivity contribution in [2.75, 3.05) is 18.8 Å². The van der Waals surface area contributed by atoms with Crippen molar-refractivity contribution in [1.29, 1.82) is 0 Å². The minimum atomic E-state index is -0.270. The lowest BCUT2D eigenvalue weighted by molar-refractivity contribution is 0.0786. The van der Waals surface area contributed by atoms with Crippen molar-refractivity contribution in [3.63, 3.8) is 0 Å². The second kappa shape index (κ2) is 7.19. The van der Waals surface area contributed by atoms with E-state index in [1.807, 2.05) is 30.3 Å². The van der Waals surface area contributed by atoms with Crippen LogP contribution in [0.5, 0.6) is 0 Å². The van der Waals surface area contributed by atoms with Crippen LogP contribution in [0, 0.1) is 0 Å². The van der Waals surface area contributed by atoms with Crippen LogP contribution in [-0.2, 0) is 6.54 Å². The van der Waals surface area contributed by atoms with Crippen molar-refractivity contribution >= 4 is 30.1 Å². The molecule has 0 saturated carbocycles. The van der Waals surface area contributed by atoms with Gasteiger partial charge in [-0.2, -0.15) is 0 Å². The Morgan fingerprint density at radius 1 is 1.24 bits per heavy atom. The zero-order valence-electron chi connectivity index (χ0n) is 13.5. The van der Waals surface area contributed by atoms with Crippen LogP contribution in [0.15, 0.2) is 46.5 Å². The van der Waals surface area contributed by atoms with E-state index in [0.717, 1.165) is 11.3 Å². The number of hydrogen-bond donors (Lipinski definition) is 1. The Hall–Kier alpha value is -1.83. The summed E-state index contributed by atoms with van der Waals surface area (Å²) in [5.41, 5.74) is 7.27. The summed E-state index contributed by atoms with van der Waals surface area (Å²) in [4.78, 5) is 31.3. The lowest BCUT2D eigenvalue weighted by Gasteiger charge is -2.16. The minimum absolute atomic E-state index is 0. The highest BCUT2D eigenvalue weighted by Gasteiger charge is 2.35. The minimum Gasteiger partial charge on any atom is -0.336 e. The summed E-state index contributed by atoms with van der Waals surface area (Å²) in [5, 5.41) is 0.692. The molecule has 2 aliphatic heterocycles. The van der Waals surface area contributed by atoms with Crippen molar-refractivity contribution < 1.29 is 4.79 Å². The highest BCUT2D eigenvalue weighted by atomic mass is 35.5. The summed E-state index contributed by atoms with van der Waals surface area (Å²) in [6, 6.07) is 9.84. The number of rotatable bonds is 2. The van der Waals surface area contributed by atoms with Crippen molar-refractivity contribution in [1.82, 2.24) is 14.5 Å². The number of likely N-dealkylation sites (tertiary alicyclic amines) is 1. The van der Waals surface area contributed by atoms with Crippen molar-refractivity contribution in [3.05, 3.63) is 58.0 Å². The number of fused-ring (bicyclic) bond motifs is 1. The van der Waals surface area contributed by atoms with Gasteiger partial charge in [-0.25, -0.2) is 4.98 Å². The van der Waals surface area contributed by atoms with Gasteiger partial charge in [0.15, 0.2) is 5.16 Å². The fraction of sp³-hybridized carbons (Fsp3) is 0.353. The Morgan fingerprint density at radius 3 is 2.76 bits per heavy atom. The van der Waals surface area contributed by atoms with Crippen molar-refractivity contribution in [3.8, 4) is 0 Å². The first-order chi connectivity index (χ1) is 11.6. The third kappa shape index (κ3) is 3.19. The number of nitrogens with two attached hydrogens (primary N) is 1. The van der Waals surface area contributed by atoms with E-state index in [1.165, 1.54) is 18.0 Å². The number of halogens is 1. The zero-order chi connectivity index (χ0) is 16.7. The number of nitrogens with zero attached hydrogens (tertiary/aromatic N) is 3. The van der Waals surface area contributed by atoms with Gasteiger partial charge < -0.3 is 10.6 Å². The monoisotopic (exact) mass is 378 g/mol. The first-order valence-electron chi connectivity index (χ1n) is 7.97.